The molecule has 0 radical (unpaired) electrons. The van der Waals surface area contributed by atoms with Crippen LogP contribution in [0.4, 0.5) is 5.69 Å². The molecule has 0 saturated carbocycles. The zero-order valence-corrected chi connectivity index (χ0v) is 10.0. The van der Waals surface area contributed by atoms with Crippen molar-refractivity contribution in [1.82, 2.24) is 5.32 Å². The van der Waals surface area contributed by atoms with E-state index in [1.165, 1.54) is 32.2 Å². The number of methoxy groups -OCH3 is 1. The molecule has 1 rings (SSSR count). The number of rotatable bonds is 5. The fraction of sp³-hybridized carbons (Fsp3) is 0.364. The van der Waals surface area contributed by atoms with Gasteiger partial charge >= 0.3 is 0 Å². The predicted octanol–water partition coefficient (Wildman–Crippen LogP) is 0.714. The molecule has 0 aromatic heterocycles. The summed E-state index contributed by atoms with van der Waals surface area (Å²) in [6, 6.07) is 3.71. The minimum absolute atomic E-state index is 0.0962. The van der Waals surface area contributed by atoms with Crippen molar-refractivity contribution in [3.63, 3.8) is 0 Å². The van der Waals surface area contributed by atoms with Crippen LogP contribution in [0.1, 0.15) is 17.3 Å². The van der Waals surface area contributed by atoms with Crippen molar-refractivity contribution in [2.75, 3.05) is 13.7 Å². The van der Waals surface area contributed by atoms with Gasteiger partial charge in [-0.1, -0.05) is 0 Å². The Morgan fingerprint density at radius 2 is 2.28 bits per heavy atom. The highest BCUT2D eigenvalue weighted by Gasteiger charge is 2.16. The van der Waals surface area contributed by atoms with Crippen molar-refractivity contribution in [2.45, 2.75) is 13.0 Å². The van der Waals surface area contributed by atoms with E-state index in [2.05, 4.69) is 5.32 Å². The number of aliphatic hydroxyl groups excluding tert-OH is 1. The Morgan fingerprint density at radius 3 is 2.78 bits per heavy atom. The monoisotopic (exact) mass is 254 g/mol. The normalized spacial score (nSPS) is 11.7. The highest BCUT2D eigenvalue weighted by Crippen LogP contribution is 2.24. The molecular formula is C11H14N2O5. The van der Waals surface area contributed by atoms with Crippen LogP contribution < -0.4 is 10.1 Å². The molecule has 1 unspecified atom stereocenters. The summed E-state index contributed by atoms with van der Waals surface area (Å²) in [4.78, 5) is 21.8. The third-order valence-electron chi connectivity index (χ3n) is 2.20. The van der Waals surface area contributed by atoms with Gasteiger partial charge in [0.25, 0.3) is 11.6 Å². The number of nitrogens with zero attached hydrogens (tertiary/aromatic N) is 1. The van der Waals surface area contributed by atoms with Gasteiger partial charge in [-0.3, -0.25) is 14.9 Å². The second kappa shape index (κ2) is 5.97. The van der Waals surface area contributed by atoms with Gasteiger partial charge in [-0.25, -0.2) is 0 Å². The standard InChI is InChI=1S/C11H14N2O5/c1-7(14)6-12-11(15)9-4-3-8(13(16)17)5-10(9)18-2/h3-5,7,14H,6H2,1-2H3,(H,12,15). The molecule has 2 N–H and O–H groups in total. The average Bonchev–Trinajstić information content (AvgIpc) is 2.34. The fourth-order valence-electron chi connectivity index (χ4n) is 1.32. The summed E-state index contributed by atoms with van der Waals surface area (Å²) in [5.74, 6) is -0.338. The van der Waals surface area contributed by atoms with Crippen LogP contribution in [-0.4, -0.2) is 35.7 Å². The number of benzene rings is 1. The van der Waals surface area contributed by atoms with Gasteiger partial charge in [0.05, 0.1) is 29.8 Å². The molecule has 1 amide bonds. The van der Waals surface area contributed by atoms with Gasteiger partial charge in [0.2, 0.25) is 0 Å². The van der Waals surface area contributed by atoms with Gasteiger partial charge in [0.15, 0.2) is 0 Å². The number of nitro benzene ring substituents is 1. The van der Waals surface area contributed by atoms with Crippen molar-refractivity contribution in [3.05, 3.63) is 33.9 Å². The lowest BCUT2D eigenvalue weighted by atomic mass is 10.1. The molecule has 0 spiro atoms. The molecule has 98 valence electrons. The summed E-state index contributed by atoms with van der Waals surface area (Å²) < 4.78 is 4.94. The second-order valence-corrected chi connectivity index (χ2v) is 3.70. The van der Waals surface area contributed by atoms with Crippen LogP contribution >= 0.6 is 0 Å². The van der Waals surface area contributed by atoms with Gasteiger partial charge in [-0.15, -0.1) is 0 Å². The number of nitrogens with one attached hydrogen (secondary N) is 1. The molecule has 1 atom stereocenters. The zero-order valence-electron chi connectivity index (χ0n) is 10.0. The van der Waals surface area contributed by atoms with E-state index in [9.17, 15) is 14.9 Å². The van der Waals surface area contributed by atoms with E-state index in [4.69, 9.17) is 9.84 Å². The zero-order chi connectivity index (χ0) is 13.7. The smallest absolute Gasteiger partial charge is 0.273 e. The summed E-state index contributed by atoms with van der Waals surface area (Å²) >= 11 is 0. The van der Waals surface area contributed by atoms with Crippen LogP contribution in [0, 0.1) is 10.1 Å². The molecule has 1 aromatic carbocycles. The van der Waals surface area contributed by atoms with Crippen LogP contribution in [0.25, 0.3) is 0 Å². The molecule has 0 saturated heterocycles. The lowest BCUT2D eigenvalue weighted by Crippen LogP contribution is -2.30. The maximum atomic E-state index is 11.7. The Hall–Kier alpha value is -2.15. The van der Waals surface area contributed by atoms with E-state index in [1.807, 2.05) is 0 Å². The Kier molecular flexibility index (Phi) is 4.61. The summed E-state index contributed by atoms with van der Waals surface area (Å²) in [5.41, 5.74) is 0.0303. The Labute approximate surface area is 104 Å². The van der Waals surface area contributed by atoms with E-state index < -0.39 is 16.9 Å². The summed E-state index contributed by atoms with van der Waals surface area (Å²) in [7, 11) is 1.32. The number of ether oxygens (including phenoxy) is 1. The van der Waals surface area contributed by atoms with Crippen LogP contribution in [0.3, 0.4) is 0 Å². The minimum atomic E-state index is -0.669. The highest BCUT2D eigenvalue weighted by molar-refractivity contribution is 5.97. The Bertz CT molecular complexity index is 459. The van der Waals surface area contributed by atoms with Gasteiger partial charge in [0.1, 0.15) is 5.75 Å². The van der Waals surface area contributed by atoms with E-state index in [0.29, 0.717) is 0 Å². The van der Waals surface area contributed by atoms with Crippen molar-refractivity contribution < 1.29 is 19.6 Å². The van der Waals surface area contributed by atoms with Crippen molar-refractivity contribution in [1.29, 1.82) is 0 Å². The number of hydrogen-bond donors (Lipinski definition) is 2. The van der Waals surface area contributed by atoms with Gasteiger partial charge in [0, 0.05) is 12.6 Å². The van der Waals surface area contributed by atoms with Gasteiger partial charge in [-0.2, -0.15) is 0 Å². The summed E-state index contributed by atoms with van der Waals surface area (Å²) in [6.07, 6.45) is -0.669. The Balaban J connectivity index is 2.95. The lowest BCUT2D eigenvalue weighted by Gasteiger charge is -2.10. The van der Waals surface area contributed by atoms with Gasteiger partial charge < -0.3 is 15.2 Å². The van der Waals surface area contributed by atoms with Gasteiger partial charge in [-0.05, 0) is 13.0 Å². The number of hydrogen-bond acceptors (Lipinski definition) is 5. The molecule has 0 aliphatic rings. The molecule has 18 heavy (non-hydrogen) atoms. The van der Waals surface area contributed by atoms with Crippen LogP contribution in [-0.2, 0) is 0 Å². The first-order valence-corrected chi connectivity index (χ1v) is 5.24. The van der Waals surface area contributed by atoms with E-state index in [0.717, 1.165) is 0 Å². The molecule has 7 heteroatoms. The molecule has 0 fully saturated rings. The number of carbonyl (C=O) groups excluding carboxylic acids is 1. The van der Waals surface area contributed by atoms with E-state index in [-0.39, 0.29) is 23.5 Å². The molecule has 0 heterocycles. The molecule has 0 bridgehead atoms. The first-order valence-electron chi connectivity index (χ1n) is 5.24. The number of carbonyl (C=O) groups is 1. The summed E-state index contributed by atoms with van der Waals surface area (Å²) in [6.45, 7) is 1.63. The predicted molar refractivity (Wildman–Crippen MR) is 63.7 cm³/mol. The third-order valence-corrected chi connectivity index (χ3v) is 2.20. The number of amides is 1. The fourth-order valence-corrected chi connectivity index (χ4v) is 1.32. The largest absolute Gasteiger partial charge is 0.496 e. The van der Waals surface area contributed by atoms with Crippen LogP contribution in [0.2, 0.25) is 0 Å². The number of non-ortho nitro benzene ring substituents is 1. The quantitative estimate of drug-likeness (QED) is 0.595. The maximum absolute atomic E-state index is 11.7. The number of aliphatic hydroxyl groups is 1. The highest BCUT2D eigenvalue weighted by atomic mass is 16.6. The summed E-state index contributed by atoms with van der Waals surface area (Å²) in [5, 5.41) is 22.1. The molecule has 7 nitrogen and oxygen atoms in total. The van der Waals surface area contributed by atoms with E-state index in [1.54, 1.807) is 0 Å². The van der Waals surface area contributed by atoms with Crippen molar-refractivity contribution in [3.8, 4) is 5.75 Å². The second-order valence-electron chi connectivity index (χ2n) is 3.70. The SMILES string of the molecule is COc1cc([N+](=O)[O-])ccc1C(=O)NCC(C)O. The van der Waals surface area contributed by atoms with Crippen LogP contribution in [0.15, 0.2) is 18.2 Å². The first-order chi connectivity index (χ1) is 8.45. The van der Waals surface area contributed by atoms with E-state index >= 15 is 0 Å². The van der Waals surface area contributed by atoms with Crippen molar-refractivity contribution >= 4 is 11.6 Å². The third kappa shape index (κ3) is 3.42. The average molecular weight is 254 g/mol. The molecule has 0 aliphatic carbocycles. The number of nitro groups is 1. The molecule has 0 aliphatic heterocycles. The maximum Gasteiger partial charge on any atom is 0.273 e. The first kappa shape index (κ1) is 13.9. The Morgan fingerprint density at radius 1 is 1.61 bits per heavy atom. The lowest BCUT2D eigenvalue weighted by molar-refractivity contribution is -0.384. The topological polar surface area (TPSA) is 102 Å². The minimum Gasteiger partial charge on any atom is -0.496 e. The van der Waals surface area contributed by atoms with Crippen molar-refractivity contribution in [2.24, 2.45) is 0 Å². The molecular weight excluding hydrogens is 240 g/mol. The molecule has 1 aromatic rings. The van der Waals surface area contributed by atoms with Crippen LogP contribution in [0.5, 0.6) is 5.75 Å².